The molecule has 1 aliphatic rings. The molecular weight excluding hydrogens is 606 g/mol. The lowest BCUT2D eigenvalue weighted by Crippen LogP contribution is -2.48. The van der Waals surface area contributed by atoms with Crippen LogP contribution in [0.4, 0.5) is 0 Å². The molecule has 1 heterocycles. The van der Waals surface area contributed by atoms with Gasteiger partial charge in [0.05, 0.1) is 20.3 Å². The lowest BCUT2D eigenvalue weighted by Gasteiger charge is -2.31. The second kappa shape index (κ2) is 16.8. The molecule has 0 unspecified atom stereocenters. The second-order valence-corrected chi connectivity index (χ2v) is 11.3. The van der Waals surface area contributed by atoms with Crippen molar-refractivity contribution in [3.05, 3.63) is 147 Å². The van der Waals surface area contributed by atoms with E-state index >= 15 is 0 Å². The van der Waals surface area contributed by atoms with Gasteiger partial charge in [-0.15, -0.1) is 0 Å². The number of carbonyl (C=O) groups excluding carboxylic acids is 1. The van der Waals surface area contributed by atoms with Gasteiger partial charge in [0.2, 0.25) is 5.90 Å². The Hall–Kier alpha value is -5.57. The zero-order valence-corrected chi connectivity index (χ0v) is 26.9. The lowest BCUT2D eigenvalue weighted by atomic mass is 9.82. The summed E-state index contributed by atoms with van der Waals surface area (Å²) in [6.45, 7) is 0.904. The molecule has 0 spiro atoms. The molecule has 4 aromatic carbocycles. The highest BCUT2D eigenvalue weighted by Crippen LogP contribution is 2.44. The van der Waals surface area contributed by atoms with Crippen molar-refractivity contribution in [2.75, 3.05) is 26.9 Å². The van der Waals surface area contributed by atoms with E-state index in [-0.39, 0.29) is 25.5 Å². The number of hydrogen-bond acceptors (Lipinski definition) is 7. The van der Waals surface area contributed by atoms with Gasteiger partial charge in [0.15, 0.2) is 11.6 Å². The van der Waals surface area contributed by atoms with Crippen LogP contribution in [0.3, 0.4) is 0 Å². The molecule has 2 N–H and O–H groups in total. The molecule has 4 aromatic rings. The molecular formula is C38H39N5O5. The average Bonchev–Trinajstić information content (AvgIpc) is 3.52. The number of nitrogens with one attached hydrogen (secondary N) is 1. The van der Waals surface area contributed by atoms with Crippen molar-refractivity contribution < 1.29 is 24.1 Å². The van der Waals surface area contributed by atoms with Gasteiger partial charge in [-0.25, -0.2) is 4.99 Å². The number of carbonyl (C=O) groups is 1. The van der Waals surface area contributed by atoms with Crippen molar-refractivity contribution in [1.82, 2.24) is 5.32 Å². The maximum atomic E-state index is 14.5. The van der Waals surface area contributed by atoms with Crippen LogP contribution in [-0.4, -0.2) is 49.3 Å². The van der Waals surface area contributed by atoms with E-state index in [1.807, 2.05) is 115 Å². The number of aliphatic hydroxyl groups is 1. The summed E-state index contributed by atoms with van der Waals surface area (Å²) in [6.07, 6.45) is 4.45. The van der Waals surface area contributed by atoms with Crippen LogP contribution in [0.1, 0.15) is 46.8 Å². The van der Waals surface area contributed by atoms with Crippen LogP contribution in [0.5, 0.6) is 11.5 Å². The number of ether oxygens (including phenoxy) is 3. The SMILES string of the molecule is COc1cccc(CCNC(=O)[C@]2(C/C=C/c3ccccc3)N=C(c3ccc(OCCCO)cc3)O[C@@H]2c2ccccc2CN=[N+]=[N-])c1. The van der Waals surface area contributed by atoms with Crippen LogP contribution >= 0.6 is 0 Å². The van der Waals surface area contributed by atoms with Crippen molar-refractivity contribution in [3.8, 4) is 11.5 Å². The fourth-order valence-electron chi connectivity index (χ4n) is 5.57. The van der Waals surface area contributed by atoms with Gasteiger partial charge in [0.1, 0.15) is 11.5 Å². The summed E-state index contributed by atoms with van der Waals surface area (Å²) >= 11 is 0. The molecule has 0 aliphatic carbocycles. The maximum Gasteiger partial charge on any atom is 0.252 e. The third-order valence-corrected chi connectivity index (χ3v) is 8.04. The Labute approximate surface area is 280 Å². The minimum atomic E-state index is -1.39. The summed E-state index contributed by atoms with van der Waals surface area (Å²) in [5, 5.41) is 16.1. The van der Waals surface area contributed by atoms with E-state index in [4.69, 9.17) is 29.8 Å². The van der Waals surface area contributed by atoms with Crippen molar-refractivity contribution >= 4 is 17.9 Å². The summed E-state index contributed by atoms with van der Waals surface area (Å²) in [4.78, 5) is 22.6. The largest absolute Gasteiger partial charge is 0.497 e. The van der Waals surface area contributed by atoms with Gasteiger partial charge in [-0.1, -0.05) is 84.0 Å². The molecule has 0 aromatic heterocycles. The van der Waals surface area contributed by atoms with Crippen molar-refractivity contribution in [1.29, 1.82) is 0 Å². The van der Waals surface area contributed by atoms with Crippen LogP contribution in [0.25, 0.3) is 16.5 Å². The molecule has 2 atom stereocenters. The fourth-order valence-corrected chi connectivity index (χ4v) is 5.57. The molecule has 0 bridgehead atoms. The second-order valence-electron chi connectivity index (χ2n) is 11.3. The van der Waals surface area contributed by atoms with E-state index < -0.39 is 11.6 Å². The van der Waals surface area contributed by atoms with Gasteiger partial charge < -0.3 is 24.6 Å². The number of aliphatic imine (C=N–C) groups is 1. The van der Waals surface area contributed by atoms with Gasteiger partial charge in [-0.05, 0) is 70.6 Å². The molecule has 0 saturated heterocycles. The van der Waals surface area contributed by atoms with Crippen LogP contribution in [0.2, 0.25) is 0 Å². The summed E-state index contributed by atoms with van der Waals surface area (Å²) in [5.41, 5.74) is 11.9. The predicted octanol–water partition coefficient (Wildman–Crippen LogP) is 6.99. The monoisotopic (exact) mass is 645 g/mol. The van der Waals surface area contributed by atoms with E-state index in [1.165, 1.54) is 0 Å². The Balaban J connectivity index is 1.53. The number of rotatable bonds is 16. The zero-order chi connectivity index (χ0) is 33.6. The van der Waals surface area contributed by atoms with Crippen molar-refractivity contribution in [2.24, 2.45) is 10.1 Å². The highest BCUT2D eigenvalue weighted by molar-refractivity contribution is 6.01. The van der Waals surface area contributed by atoms with E-state index in [0.29, 0.717) is 48.8 Å². The molecule has 0 saturated carbocycles. The Kier molecular flexibility index (Phi) is 11.8. The quantitative estimate of drug-likeness (QED) is 0.0586. The number of nitrogens with zero attached hydrogens (tertiary/aromatic N) is 4. The van der Waals surface area contributed by atoms with E-state index in [0.717, 1.165) is 22.4 Å². The van der Waals surface area contributed by atoms with Crippen LogP contribution in [0, 0.1) is 0 Å². The topological polar surface area (TPSA) is 138 Å². The minimum absolute atomic E-state index is 0.0493. The first kappa shape index (κ1) is 33.8. The summed E-state index contributed by atoms with van der Waals surface area (Å²) < 4.78 is 17.7. The maximum absolute atomic E-state index is 14.5. The van der Waals surface area contributed by atoms with Crippen LogP contribution < -0.4 is 14.8 Å². The standard InChI is InChI=1S/C38H39N5O5/c1-46-33-15-7-12-29(26-33)21-23-40-37(45)38(22-8-13-28-10-3-2-4-11-28)35(34-16-6-5-14-31(34)27-41-43-39)48-36(42-38)30-17-19-32(20-18-30)47-25-9-24-44/h2-8,10-20,26,35,44H,9,21-25,27H2,1H3,(H,40,45)/b13-8+/t35-,38-/m1/s1. The average molecular weight is 646 g/mol. The molecule has 1 aliphatic heterocycles. The number of azide groups is 1. The number of hydrogen-bond donors (Lipinski definition) is 2. The van der Waals surface area contributed by atoms with Gasteiger partial charge in [0, 0.05) is 36.5 Å². The van der Waals surface area contributed by atoms with Gasteiger partial charge >= 0.3 is 0 Å². The lowest BCUT2D eigenvalue weighted by molar-refractivity contribution is -0.128. The third-order valence-electron chi connectivity index (χ3n) is 8.04. The molecule has 10 nitrogen and oxygen atoms in total. The predicted molar refractivity (Wildman–Crippen MR) is 186 cm³/mol. The van der Waals surface area contributed by atoms with E-state index in [2.05, 4.69) is 15.3 Å². The highest BCUT2D eigenvalue weighted by Gasteiger charge is 2.53. The van der Waals surface area contributed by atoms with Gasteiger partial charge in [0.25, 0.3) is 5.91 Å². The summed E-state index contributed by atoms with van der Waals surface area (Å²) in [7, 11) is 1.63. The molecule has 0 radical (unpaired) electrons. The number of amides is 1. The Morgan fingerprint density at radius 3 is 2.60 bits per heavy atom. The van der Waals surface area contributed by atoms with Crippen LogP contribution in [0.15, 0.2) is 119 Å². The third kappa shape index (κ3) is 8.41. The van der Waals surface area contributed by atoms with E-state index in [9.17, 15) is 4.79 Å². The Morgan fingerprint density at radius 1 is 1.04 bits per heavy atom. The molecule has 1 amide bonds. The smallest absolute Gasteiger partial charge is 0.252 e. The Morgan fingerprint density at radius 2 is 1.83 bits per heavy atom. The molecule has 246 valence electrons. The van der Waals surface area contributed by atoms with E-state index in [1.54, 1.807) is 7.11 Å². The van der Waals surface area contributed by atoms with Crippen LogP contribution in [-0.2, 0) is 22.5 Å². The first-order valence-corrected chi connectivity index (χ1v) is 15.9. The zero-order valence-electron chi connectivity index (χ0n) is 26.9. The minimum Gasteiger partial charge on any atom is -0.497 e. The van der Waals surface area contributed by atoms with Gasteiger partial charge in [-0.3, -0.25) is 4.79 Å². The molecule has 10 heteroatoms. The number of aliphatic hydroxyl groups excluding tert-OH is 1. The summed E-state index contributed by atoms with van der Waals surface area (Å²) in [5.74, 6) is 1.43. The normalized spacial score (nSPS) is 16.9. The number of methoxy groups -OCH3 is 1. The molecule has 48 heavy (non-hydrogen) atoms. The highest BCUT2D eigenvalue weighted by atomic mass is 16.5. The summed E-state index contributed by atoms with van der Waals surface area (Å²) in [6, 6.07) is 32.4. The molecule has 0 fully saturated rings. The first-order valence-electron chi connectivity index (χ1n) is 15.9. The first-order chi connectivity index (χ1) is 23.6. The van der Waals surface area contributed by atoms with Crippen molar-refractivity contribution in [2.45, 2.75) is 37.5 Å². The number of benzene rings is 4. The van der Waals surface area contributed by atoms with Crippen molar-refractivity contribution in [3.63, 3.8) is 0 Å². The molecule has 5 rings (SSSR count). The fraction of sp³-hybridized carbons (Fsp3) is 0.263. The van der Waals surface area contributed by atoms with Gasteiger partial charge in [-0.2, -0.15) is 0 Å². The Bertz CT molecular complexity index is 1770.